The Morgan fingerprint density at radius 1 is 1.27 bits per heavy atom. The molecule has 136 valence electrons. The molecule has 1 atom stereocenters. The van der Waals surface area contributed by atoms with E-state index in [1.54, 1.807) is 6.20 Å². The minimum Gasteiger partial charge on any atom is -0.461 e. The van der Waals surface area contributed by atoms with E-state index in [-0.39, 0.29) is 5.91 Å². The highest BCUT2D eigenvalue weighted by molar-refractivity contribution is 5.87. The maximum atomic E-state index is 12.7. The number of carbonyl (C=O) groups excluding carboxylic acids is 1. The Bertz CT molecular complexity index is 828. The third-order valence-corrected chi connectivity index (χ3v) is 5.28. The number of rotatable bonds is 5. The molecule has 5 nitrogen and oxygen atoms in total. The SMILES string of the molecule is CN(C)c1ccc(-c2ccnc3c2CC(C)(C(=O)NCC2CC2)O3)cc1. The summed E-state index contributed by atoms with van der Waals surface area (Å²) in [5, 5.41) is 3.04. The van der Waals surface area contributed by atoms with E-state index in [4.69, 9.17) is 4.74 Å². The monoisotopic (exact) mass is 351 g/mol. The molecular formula is C21H25N3O2. The van der Waals surface area contributed by atoms with Gasteiger partial charge in [0.05, 0.1) is 0 Å². The number of hydrogen-bond donors (Lipinski definition) is 1. The van der Waals surface area contributed by atoms with Crippen LogP contribution in [0.15, 0.2) is 36.5 Å². The zero-order valence-corrected chi connectivity index (χ0v) is 15.6. The number of pyridine rings is 1. The van der Waals surface area contributed by atoms with Crippen LogP contribution in [0, 0.1) is 5.92 Å². The molecular weight excluding hydrogens is 326 g/mol. The van der Waals surface area contributed by atoms with Gasteiger partial charge in [0.1, 0.15) is 0 Å². The van der Waals surface area contributed by atoms with E-state index in [1.165, 1.54) is 12.8 Å². The molecule has 1 amide bonds. The highest BCUT2D eigenvalue weighted by Gasteiger charge is 2.44. The molecule has 1 aliphatic heterocycles. The van der Waals surface area contributed by atoms with Crippen molar-refractivity contribution in [3.8, 4) is 17.0 Å². The van der Waals surface area contributed by atoms with Crippen molar-refractivity contribution in [3.63, 3.8) is 0 Å². The molecule has 1 aromatic heterocycles. The lowest BCUT2D eigenvalue weighted by molar-refractivity contribution is -0.134. The van der Waals surface area contributed by atoms with Crippen molar-refractivity contribution < 1.29 is 9.53 Å². The molecule has 0 radical (unpaired) electrons. The van der Waals surface area contributed by atoms with Gasteiger partial charge in [0.15, 0.2) is 5.60 Å². The van der Waals surface area contributed by atoms with Crippen LogP contribution in [0.3, 0.4) is 0 Å². The topological polar surface area (TPSA) is 54.5 Å². The van der Waals surface area contributed by atoms with Gasteiger partial charge in [0.2, 0.25) is 5.88 Å². The summed E-state index contributed by atoms with van der Waals surface area (Å²) in [5.41, 5.74) is 3.47. The van der Waals surface area contributed by atoms with Crippen molar-refractivity contribution in [1.82, 2.24) is 10.3 Å². The molecule has 1 unspecified atom stereocenters. The number of nitrogens with one attached hydrogen (secondary N) is 1. The zero-order valence-electron chi connectivity index (χ0n) is 15.6. The summed E-state index contributed by atoms with van der Waals surface area (Å²) in [7, 11) is 4.05. The fraction of sp³-hybridized carbons (Fsp3) is 0.429. The first-order valence-corrected chi connectivity index (χ1v) is 9.19. The van der Waals surface area contributed by atoms with Crippen LogP contribution >= 0.6 is 0 Å². The van der Waals surface area contributed by atoms with Gasteiger partial charge >= 0.3 is 0 Å². The van der Waals surface area contributed by atoms with Crippen molar-refractivity contribution >= 4 is 11.6 Å². The van der Waals surface area contributed by atoms with E-state index in [9.17, 15) is 4.79 Å². The quantitative estimate of drug-likeness (QED) is 0.900. The third kappa shape index (κ3) is 3.14. The molecule has 0 bridgehead atoms. The Hall–Kier alpha value is -2.56. The normalized spacial score (nSPS) is 21.0. The van der Waals surface area contributed by atoms with E-state index in [2.05, 4.69) is 39.5 Å². The summed E-state index contributed by atoms with van der Waals surface area (Å²) in [4.78, 5) is 19.1. The second kappa shape index (κ2) is 6.31. The first-order chi connectivity index (χ1) is 12.5. The second-order valence-electron chi connectivity index (χ2n) is 7.75. The van der Waals surface area contributed by atoms with Crippen molar-refractivity contribution in [3.05, 3.63) is 42.1 Å². The first kappa shape index (κ1) is 16.9. The zero-order chi connectivity index (χ0) is 18.3. The fourth-order valence-corrected chi connectivity index (χ4v) is 3.40. The van der Waals surface area contributed by atoms with Crippen LogP contribution in [-0.4, -0.2) is 37.1 Å². The van der Waals surface area contributed by atoms with Gasteiger partial charge in [-0.15, -0.1) is 0 Å². The maximum absolute atomic E-state index is 12.7. The highest BCUT2D eigenvalue weighted by atomic mass is 16.5. The Morgan fingerprint density at radius 2 is 2.00 bits per heavy atom. The molecule has 5 heteroatoms. The number of nitrogens with zero attached hydrogens (tertiary/aromatic N) is 2. The van der Waals surface area contributed by atoms with Gasteiger partial charge in [-0.25, -0.2) is 4.98 Å². The third-order valence-electron chi connectivity index (χ3n) is 5.28. The van der Waals surface area contributed by atoms with Crippen molar-refractivity contribution in [2.24, 2.45) is 5.92 Å². The average molecular weight is 351 g/mol. The van der Waals surface area contributed by atoms with Crippen LogP contribution in [-0.2, 0) is 11.2 Å². The summed E-state index contributed by atoms with van der Waals surface area (Å²) in [6, 6.07) is 10.4. The van der Waals surface area contributed by atoms with Crippen LogP contribution in [0.4, 0.5) is 5.69 Å². The summed E-state index contributed by atoms with van der Waals surface area (Å²) in [6.07, 6.45) is 4.72. The van der Waals surface area contributed by atoms with Gasteiger partial charge in [0.25, 0.3) is 5.91 Å². The Labute approximate surface area is 154 Å². The minimum atomic E-state index is -0.885. The lowest BCUT2D eigenvalue weighted by Crippen LogP contribution is -2.48. The molecule has 1 fully saturated rings. The van der Waals surface area contributed by atoms with Gasteiger partial charge in [-0.2, -0.15) is 0 Å². The van der Waals surface area contributed by atoms with Crippen LogP contribution in [0.5, 0.6) is 5.88 Å². The molecule has 1 aromatic carbocycles. The molecule has 1 saturated carbocycles. The molecule has 1 N–H and O–H groups in total. The van der Waals surface area contributed by atoms with E-state index in [1.807, 2.05) is 27.1 Å². The van der Waals surface area contributed by atoms with E-state index in [0.29, 0.717) is 18.2 Å². The predicted molar refractivity (Wildman–Crippen MR) is 102 cm³/mol. The molecule has 2 aromatic rings. The van der Waals surface area contributed by atoms with Crippen LogP contribution in [0.1, 0.15) is 25.3 Å². The standard InChI is InChI=1S/C21H25N3O2/c1-21(20(25)23-13-14-4-5-14)12-18-17(10-11-22-19(18)26-21)15-6-8-16(9-7-15)24(2)3/h6-11,14H,4-5,12-13H2,1-3H3,(H,23,25). The van der Waals surface area contributed by atoms with E-state index in [0.717, 1.165) is 28.9 Å². The van der Waals surface area contributed by atoms with Crippen molar-refractivity contribution in [1.29, 1.82) is 0 Å². The molecule has 26 heavy (non-hydrogen) atoms. The summed E-state index contributed by atoms with van der Waals surface area (Å²) < 4.78 is 6.00. The number of amides is 1. The average Bonchev–Trinajstić information content (AvgIpc) is 3.39. The number of hydrogen-bond acceptors (Lipinski definition) is 4. The van der Waals surface area contributed by atoms with Crippen molar-refractivity contribution in [2.75, 3.05) is 25.5 Å². The van der Waals surface area contributed by atoms with E-state index < -0.39 is 5.60 Å². The Morgan fingerprint density at radius 3 is 2.65 bits per heavy atom. The van der Waals surface area contributed by atoms with Crippen molar-refractivity contribution in [2.45, 2.75) is 31.8 Å². The lowest BCUT2D eigenvalue weighted by Gasteiger charge is -2.22. The fourth-order valence-electron chi connectivity index (χ4n) is 3.40. The summed E-state index contributed by atoms with van der Waals surface area (Å²) >= 11 is 0. The largest absolute Gasteiger partial charge is 0.461 e. The maximum Gasteiger partial charge on any atom is 0.264 e. The molecule has 2 heterocycles. The van der Waals surface area contributed by atoms with Gasteiger partial charge in [-0.1, -0.05) is 12.1 Å². The van der Waals surface area contributed by atoms with Gasteiger partial charge < -0.3 is 15.0 Å². The summed E-state index contributed by atoms with van der Waals surface area (Å²) in [5.74, 6) is 1.18. The van der Waals surface area contributed by atoms with Crippen LogP contribution in [0.25, 0.3) is 11.1 Å². The molecule has 2 aliphatic rings. The van der Waals surface area contributed by atoms with Crippen LogP contribution < -0.4 is 15.0 Å². The molecule has 0 spiro atoms. The van der Waals surface area contributed by atoms with Crippen LogP contribution in [0.2, 0.25) is 0 Å². The number of fused-ring (bicyclic) bond motifs is 1. The first-order valence-electron chi connectivity index (χ1n) is 9.19. The molecule has 1 aliphatic carbocycles. The van der Waals surface area contributed by atoms with Gasteiger partial charge in [0, 0.05) is 44.5 Å². The highest BCUT2D eigenvalue weighted by Crippen LogP contribution is 2.40. The second-order valence-corrected chi connectivity index (χ2v) is 7.75. The van der Waals surface area contributed by atoms with E-state index >= 15 is 0 Å². The Kier molecular flexibility index (Phi) is 4.10. The lowest BCUT2D eigenvalue weighted by atomic mass is 9.93. The number of anilines is 1. The molecule has 0 saturated heterocycles. The Balaban J connectivity index is 1.58. The molecule has 4 rings (SSSR count). The van der Waals surface area contributed by atoms with Gasteiger partial charge in [-0.3, -0.25) is 4.79 Å². The summed E-state index contributed by atoms with van der Waals surface area (Å²) in [6.45, 7) is 2.61. The predicted octanol–water partition coefficient (Wildman–Crippen LogP) is 3.03. The minimum absolute atomic E-state index is 0.0451. The smallest absolute Gasteiger partial charge is 0.264 e. The number of benzene rings is 1. The van der Waals surface area contributed by atoms with Gasteiger partial charge in [-0.05, 0) is 55.0 Å². The number of carbonyl (C=O) groups is 1. The number of aromatic nitrogens is 1. The number of ether oxygens (including phenoxy) is 1.